The summed E-state index contributed by atoms with van der Waals surface area (Å²) in [4.78, 5) is 4.59. The Hall–Kier alpha value is 1.95. The van der Waals surface area contributed by atoms with Crippen molar-refractivity contribution in [2.24, 2.45) is 0 Å². The number of hydrogen-bond acceptors (Lipinski definition) is 0. The maximum atomic E-state index is 2.30. The molecule has 0 aromatic rings. The molecule has 3 heteroatoms. The fraction of sp³-hybridized carbons (Fsp3) is 1.00. The zero-order valence-corrected chi connectivity index (χ0v) is 16.5. The molecule has 4 radical (unpaired) electrons. The molecule has 0 atom stereocenters. The average Bonchev–Trinajstić information content (AvgIpc) is 2.06. The fourth-order valence-corrected chi connectivity index (χ4v) is 4.89. The Balaban J connectivity index is -0.000000220. The van der Waals surface area contributed by atoms with Gasteiger partial charge >= 0.3 is 101 Å². The SMILES string of the molecule is CCC[CH2][Sn][CH2]CCC.S.[CH3][Sn][CH3]. The third kappa shape index (κ3) is 31.5. The van der Waals surface area contributed by atoms with Gasteiger partial charge in [-0.05, 0) is 0 Å². The van der Waals surface area contributed by atoms with Crippen molar-refractivity contribution in [2.45, 2.75) is 58.3 Å². The summed E-state index contributed by atoms with van der Waals surface area (Å²) in [5.74, 6) is 0. The Bertz CT molecular complexity index is 54.9. The first-order chi connectivity index (χ1) is 5.83. The molecule has 0 aromatic heterocycles. The predicted octanol–water partition coefficient (Wildman–Crippen LogP) is 4.03. The summed E-state index contributed by atoms with van der Waals surface area (Å²) >= 11 is 0.379. The normalized spacial score (nSPS) is 8.31. The van der Waals surface area contributed by atoms with E-state index >= 15 is 0 Å². The summed E-state index contributed by atoms with van der Waals surface area (Å²) in [5, 5.41) is 0. The van der Waals surface area contributed by atoms with Crippen LogP contribution in [-0.4, -0.2) is 42.3 Å². The van der Waals surface area contributed by atoms with Crippen LogP contribution in [0.4, 0.5) is 0 Å². The zero-order chi connectivity index (χ0) is 9.66. The summed E-state index contributed by atoms with van der Waals surface area (Å²) < 4.78 is 3.25. The molecule has 0 rings (SSSR count). The molecular formula is C10H26SSn2. The van der Waals surface area contributed by atoms with Gasteiger partial charge < -0.3 is 0 Å². The topological polar surface area (TPSA) is 0 Å². The molecule has 0 amide bonds. The molecule has 0 aliphatic rings. The van der Waals surface area contributed by atoms with Crippen molar-refractivity contribution in [1.29, 1.82) is 0 Å². The number of unbranched alkanes of at least 4 members (excludes halogenated alkanes) is 2. The molecule has 0 nitrogen and oxygen atoms in total. The van der Waals surface area contributed by atoms with Gasteiger partial charge in [-0.2, -0.15) is 13.5 Å². The van der Waals surface area contributed by atoms with E-state index in [9.17, 15) is 0 Å². The van der Waals surface area contributed by atoms with E-state index in [1.165, 1.54) is 25.7 Å². The molecule has 0 heterocycles. The maximum absolute atomic E-state index is 2.30. The van der Waals surface area contributed by atoms with Gasteiger partial charge in [0.15, 0.2) is 0 Å². The molecule has 0 fully saturated rings. The van der Waals surface area contributed by atoms with Crippen molar-refractivity contribution < 1.29 is 0 Å². The van der Waals surface area contributed by atoms with Gasteiger partial charge in [-0.15, -0.1) is 0 Å². The van der Waals surface area contributed by atoms with Crippen molar-refractivity contribution >= 4 is 55.8 Å². The van der Waals surface area contributed by atoms with Gasteiger partial charge in [0.2, 0.25) is 0 Å². The molecule has 0 bridgehead atoms. The van der Waals surface area contributed by atoms with Crippen LogP contribution in [0.3, 0.4) is 0 Å². The van der Waals surface area contributed by atoms with E-state index in [1.807, 2.05) is 0 Å². The van der Waals surface area contributed by atoms with E-state index in [-0.39, 0.29) is 55.8 Å². The van der Waals surface area contributed by atoms with Crippen molar-refractivity contribution in [3.8, 4) is 0 Å². The van der Waals surface area contributed by atoms with Crippen LogP contribution in [0.25, 0.3) is 0 Å². The quantitative estimate of drug-likeness (QED) is 0.454. The Kier molecular flexibility index (Phi) is 37.0. The van der Waals surface area contributed by atoms with Crippen LogP contribution in [0.2, 0.25) is 18.8 Å². The molecule has 0 saturated heterocycles. The van der Waals surface area contributed by atoms with E-state index in [1.54, 1.807) is 8.87 Å². The minimum atomic E-state index is 0. The van der Waals surface area contributed by atoms with Crippen molar-refractivity contribution in [3.63, 3.8) is 0 Å². The summed E-state index contributed by atoms with van der Waals surface area (Å²) in [7, 11) is 0. The van der Waals surface area contributed by atoms with Gasteiger partial charge in [-0.1, -0.05) is 0 Å². The first-order valence-corrected chi connectivity index (χ1v) is 14.9. The Morgan fingerprint density at radius 1 is 0.846 bits per heavy atom. The van der Waals surface area contributed by atoms with Crippen molar-refractivity contribution in [2.75, 3.05) is 0 Å². The molecule has 0 aliphatic carbocycles. The Labute approximate surface area is 113 Å². The second-order valence-electron chi connectivity index (χ2n) is 2.96. The number of rotatable bonds is 6. The standard InChI is InChI=1S/2C4H9.2CH3.H2S.2Sn/c2*1-3-4-2;;;;;/h2*1,3-4H2,2H3;2*1H3;1H2;;. The molecule has 0 aromatic carbocycles. The third-order valence-corrected chi connectivity index (χ3v) is 5.45. The molecule has 0 N–H and O–H groups in total. The molecule has 0 saturated carbocycles. The molecule has 0 aliphatic heterocycles. The zero-order valence-electron chi connectivity index (χ0n) is 9.74. The van der Waals surface area contributed by atoms with Gasteiger partial charge in [0.1, 0.15) is 0 Å². The Morgan fingerprint density at radius 2 is 1.15 bits per heavy atom. The van der Waals surface area contributed by atoms with Crippen LogP contribution >= 0.6 is 13.5 Å². The van der Waals surface area contributed by atoms with Crippen LogP contribution in [0, 0.1) is 0 Å². The predicted molar refractivity (Wildman–Crippen MR) is 73.0 cm³/mol. The monoisotopic (exact) mass is 418 g/mol. The van der Waals surface area contributed by atoms with Crippen molar-refractivity contribution in [3.05, 3.63) is 0 Å². The second kappa shape index (κ2) is 23.6. The molecule has 0 unspecified atom stereocenters. The average molecular weight is 416 g/mol. The van der Waals surface area contributed by atoms with E-state index in [2.05, 4.69) is 23.7 Å². The first-order valence-electron chi connectivity index (χ1n) is 5.12. The van der Waals surface area contributed by atoms with Crippen LogP contribution in [-0.2, 0) is 0 Å². The molecule has 13 heavy (non-hydrogen) atoms. The van der Waals surface area contributed by atoms with Crippen LogP contribution in [0.15, 0.2) is 0 Å². The van der Waals surface area contributed by atoms with Gasteiger partial charge in [-0.25, -0.2) is 0 Å². The minimum absolute atomic E-state index is 0. The molecular weight excluding hydrogens is 390 g/mol. The molecule has 0 spiro atoms. The third-order valence-electron chi connectivity index (χ3n) is 1.41. The fourth-order valence-electron chi connectivity index (χ4n) is 0.729. The van der Waals surface area contributed by atoms with Crippen molar-refractivity contribution in [1.82, 2.24) is 0 Å². The summed E-state index contributed by atoms with van der Waals surface area (Å²) in [5.41, 5.74) is 0. The van der Waals surface area contributed by atoms with Gasteiger partial charge in [-0.3, -0.25) is 0 Å². The van der Waals surface area contributed by atoms with E-state index in [4.69, 9.17) is 0 Å². The van der Waals surface area contributed by atoms with Gasteiger partial charge in [0.25, 0.3) is 0 Å². The van der Waals surface area contributed by atoms with E-state index < -0.39 is 0 Å². The van der Waals surface area contributed by atoms with E-state index in [0.29, 0.717) is 0 Å². The van der Waals surface area contributed by atoms with E-state index in [0.717, 1.165) is 0 Å². The van der Waals surface area contributed by atoms with Gasteiger partial charge in [0, 0.05) is 0 Å². The van der Waals surface area contributed by atoms with Gasteiger partial charge in [0.05, 0.1) is 0 Å². The van der Waals surface area contributed by atoms with Crippen LogP contribution in [0.5, 0.6) is 0 Å². The molecule has 80 valence electrons. The van der Waals surface area contributed by atoms with Crippen LogP contribution in [0.1, 0.15) is 39.5 Å². The summed E-state index contributed by atoms with van der Waals surface area (Å²) in [6.45, 7) is 4.58. The summed E-state index contributed by atoms with van der Waals surface area (Å²) in [6.07, 6.45) is 5.84. The Morgan fingerprint density at radius 3 is 1.38 bits per heavy atom. The second-order valence-corrected chi connectivity index (χ2v) is 10.1. The number of hydrogen-bond donors (Lipinski definition) is 0. The van der Waals surface area contributed by atoms with Crippen LogP contribution < -0.4 is 0 Å². The summed E-state index contributed by atoms with van der Waals surface area (Å²) in [6, 6.07) is 0. The first kappa shape index (κ1) is 20.4.